The van der Waals surface area contributed by atoms with Gasteiger partial charge in [0, 0.05) is 13.6 Å². The number of hydrogen-bond donors (Lipinski definition) is 2. The van der Waals surface area contributed by atoms with Gasteiger partial charge in [-0.25, -0.2) is 4.79 Å². The van der Waals surface area contributed by atoms with Crippen molar-refractivity contribution >= 4 is 11.9 Å². The first-order chi connectivity index (χ1) is 8.67. The summed E-state index contributed by atoms with van der Waals surface area (Å²) in [6, 6.07) is 0. The molecule has 110 valence electrons. The first-order valence-electron chi connectivity index (χ1n) is 6.89. The van der Waals surface area contributed by atoms with Gasteiger partial charge in [-0.15, -0.1) is 0 Å². The molecule has 0 atom stereocenters. The molecule has 0 saturated heterocycles. The van der Waals surface area contributed by atoms with Gasteiger partial charge in [0.1, 0.15) is 5.54 Å². The minimum absolute atomic E-state index is 0.130. The molecule has 0 aromatic rings. The zero-order valence-corrected chi connectivity index (χ0v) is 12.4. The summed E-state index contributed by atoms with van der Waals surface area (Å²) in [5.74, 6) is -0.515. The molecule has 0 aromatic heterocycles. The Morgan fingerprint density at radius 2 is 1.84 bits per heavy atom. The van der Waals surface area contributed by atoms with Crippen LogP contribution in [0.2, 0.25) is 0 Å². The van der Waals surface area contributed by atoms with Crippen LogP contribution in [0.15, 0.2) is 0 Å². The van der Waals surface area contributed by atoms with Crippen LogP contribution in [0.3, 0.4) is 0 Å². The van der Waals surface area contributed by atoms with Crippen LogP contribution in [-0.4, -0.2) is 41.0 Å². The molecule has 1 rings (SSSR count). The Bertz CT molecular complexity index is 358. The van der Waals surface area contributed by atoms with E-state index in [0.717, 1.165) is 25.7 Å². The Kier molecular flexibility index (Phi) is 4.61. The van der Waals surface area contributed by atoms with E-state index in [9.17, 15) is 14.7 Å². The monoisotopic (exact) mass is 270 g/mol. The summed E-state index contributed by atoms with van der Waals surface area (Å²) in [5, 5.41) is 9.23. The van der Waals surface area contributed by atoms with Crippen LogP contribution in [0.4, 0.5) is 0 Å². The van der Waals surface area contributed by atoms with Crippen molar-refractivity contribution < 1.29 is 14.7 Å². The van der Waals surface area contributed by atoms with E-state index in [2.05, 4.69) is 6.92 Å². The van der Waals surface area contributed by atoms with Gasteiger partial charge in [0.05, 0.1) is 5.41 Å². The molecule has 0 radical (unpaired) electrons. The van der Waals surface area contributed by atoms with Gasteiger partial charge in [-0.05, 0) is 45.4 Å². The second kappa shape index (κ2) is 5.49. The highest BCUT2D eigenvalue weighted by atomic mass is 16.4. The van der Waals surface area contributed by atoms with Crippen molar-refractivity contribution in [3.05, 3.63) is 0 Å². The third kappa shape index (κ3) is 2.91. The normalized spacial score (nSPS) is 27.9. The molecule has 5 nitrogen and oxygen atoms in total. The Morgan fingerprint density at radius 1 is 1.37 bits per heavy atom. The summed E-state index contributed by atoms with van der Waals surface area (Å²) in [6.45, 7) is 5.56. The number of hydrogen-bond acceptors (Lipinski definition) is 3. The lowest BCUT2D eigenvalue weighted by Gasteiger charge is -2.43. The maximum absolute atomic E-state index is 12.7. The van der Waals surface area contributed by atoms with Gasteiger partial charge in [-0.2, -0.15) is 0 Å². The second-order valence-electron chi connectivity index (χ2n) is 6.40. The number of nitrogens with two attached hydrogens (primary N) is 1. The van der Waals surface area contributed by atoms with E-state index in [0.29, 0.717) is 12.5 Å². The predicted octanol–water partition coefficient (Wildman–Crippen LogP) is 1.46. The third-order valence-electron chi connectivity index (χ3n) is 4.74. The highest BCUT2D eigenvalue weighted by molar-refractivity contribution is 5.89. The van der Waals surface area contributed by atoms with Crippen molar-refractivity contribution in [1.82, 2.24) is 4.90 Å². The summed E-state index contributed by atoms with van der Waals surface area (Å²) < 4.78 is 0. The predicted molar refractivity (Wildman–Crippen MR) is 73.6 cm³/mol. The van der Waals surface area contributed by atoms with Crippen molar-refractivity contribution in [2.75, 3.05) is 13.6 Å². The lowest BCUT2D eigenvalue weighted by Crippen LogP contribution is -2.57. The molecular formula is C14H26N2O3. The number of carbonyl (C=O) groups is 2. The number of rotatable bonds is 4. The molecule has 0 aromatic carbocycles. The summed E-state index contributed by atoms with van der Waals surface area (Å²) in [4.78, 5) is 25.3. The van der Waals surface area contributed by atoms with E-state index in [1.807, 2.05) is 0 Å². The first-order valence-corrected chi connectivity index (χ1v) is 6.89. The number of likely N-dealkylation sites (N-methyl/N-ethyl adjacent to an activating group) is 1. The third-order valence-corrected chi connectivity index (χ3v) is 4.74. The average molecular weight is 270 g/mol. The van der Waals surface area contributed by atoms with Crippen LogP contribution >= 0.6 is 0 Å². The molecule has 0 unspecified atom stereocenters. The van der Waals surface area contributed by atoms with Crippen molar-refractivity contribution in [2.45, 2.75) is 52.0 Å². The molecule has 19 heavy (non-hydrogen) atoms. The first kappa shape index (κ1) is 16.0. The molecule has 3 N–H and O–H groups in total. The van der Waals surface area contributed by atoms with Crippen LogP contribution in [0, 0.1) is 11.3 Å². The molecule has 0 aliphatic heterocycles. The fourth-order valence-electron chi connectivity index (χ4n) is 2.57. The number of carbonyl (C=O) groups excluding carboxylic acids is 1. The molecule has 1 aliphatic carbocycles. The molecule has 0 spiro atoms. The molecule has 1 amide bonds. The van der Waals surface area contributed by atoms with E-state index in [-0.39, 0.29) is 5.91 Å². The van der Waals surface area contributed by atoms with Crippen molar-refractivity contribution in [2.24, 2.45) is 17.1 Å². The fraction of sp³-hybridized carbons (Fsp3) is 0.857. The van der Waals surface area contributed by atoms with Crippen LogP contribution in [-0.2, 0) is 9.59 Å². The number of nitrogens with zero attached hydrogens (tertiary/aromatic N) is 1. The molecule has 1 saturated carbocycles. The number of carboxylic acids is 1. The van der Waals surface area contributed by atoms with Gasteiger partial charge in [0.25, 0.3) is 0 Å². The summed E-state index contributed by atoms with van der Waals surface area (Å²) in [6.07, 6.45) is 3.46. The molecule has 0 heterocycles. The SMILES string of the molecule is CC1CCC(CN)(C(=O)N(C)C(C)(C)C(=O)O)CC1. The van der Waals surface area contributed by atoms with Crippen LogP contribution < -0.4 is 5.73 Å². The fourth-order valence-corrected chi connectivity index (χ4v) is 2.57. The standard InChI is InChI=1S/C14H26N2O3/c1-10-5-7-14(9-15,8-6-10)11(17)16(4)13(2,3)12(18)19/h10H,5-9,15H2,1-4H3,(H,18,19). The minimum Gasteiger partial charge on any atom is -0.480 e. The summed E-state index contributed by atoms with van der Waals surface area (Å²) in [7, 11) is 1.56. The van der Waals surface area contributed by atoms with Crippen molar-refractivity contribution in [1.29, 1.82) is 0 Å². The Labute approximate surface area is 115 Å². The maximum Gasteiger partial charge on any atom is 0.329 e. The summed E-state index contributed by atoms with van der Waals surface area (Å²) in [5.41, 5.74) is 4.07. The highest BCUT2D eigenvalue weighted by Gasteiger charge is 2.46. The van der Waals surface area contributed by atoms with Gasteiger partial charge in [-0.1, -0.05) is 6.92 Å². The Balaban J connectivity index is 2.94. The number of aliphatic carboxylic acids is 1. The molecule has 1 aliphatic rings. The molecule has 1 fully saturated rings. The van der Waals surface area contributed by atoms with E-state index >= 15 is 0 Å². The molecule has 0 bridgehead atoms. The smallest absolute Gasteiger partial charge is 0.329 e. The second-order valence-corrected chi connectivity index (χ2v) is 6.40. The van der Waals surface area contributed by atoms with E-state index in [4.69, 9.17) is 5.73 Å². The van der Waals surface area contributed by atoms with E-state index in [1.54, 1.807) is 20.9 Å². The van der Waals surface area contributed by atoms with Gasteiger partial charge in [0.2, 0.25) is 5.91 Å². The Hall–Kier alpha value is -1.10. The van der Waals surface area contributed by atoms with Crippen LogP contribution in [0.1, 0.15) is 46.5 Å². The lowest BCUT2D eigenvalue weighted by molar-refractivity contribution is -0.161. The average Bonchev–Trinajstić information content (AvgIpc) is 2.38. The lowest BCUT2D eigenvalue weighted by atomic mass is 9.69. The number of amides is 1. The zero-order chi connectivity index (χ0) is 14.8. The van der Waals surface area contributed by atoms with Gasteiger partial charge in [0.15, 0.2) is 0 Å². The largest absolute Gasteiger partial charge is 0.480 e. The van der Waals surface area contributed by atoms with Crippen LogP contribution in [0.5, 0.6) is 0 Å². The molecule has 5 heteroatoms. The van der Waals surface area contributed by atoms with Crippen molar-refractivity contribution in [3.8, 4) is 0 Å². The van der Waals surface area contributed by atoms with Gasteiger partial charge < -0.3 is 15.7 Å². The summed E-state index contributed by atoms with van der Waals surface area (Å²) >= 11 is 0. The quantitative estimate of drug-likeness (QED) is 0.810. The van der Waals surface area contributed by atoms with E-state index in [1.165, 1.54) is 4.90 Å². The Morgan fingerprint density at radius 3 is 2.21 bits per heavy atom. The van der Waals surface area contributed by atoms with Gasteiger partial charge >= 0.3 is 5.97 Å². The minimum atomic E-state index is -1.21. The van der Waals surface area contributed by atoms with Gasteiger partial charge in [-0.3, -0.25) is 4.79 Å². The number of carboxylic acid groups (broad SMARTS) is 1. The van der Waals surface area contributed by atoms with E-state index < -0.39 is 16.9 Å². The van der Waals surface area contributed by atoms with Crippen LogP contribution in [0.25, 0.3) is 0 Å². The topological polar surface area (TPSA) is 83.6 Å². The zero-order valence-electron chi connectivity index (χ0n) is 12.4. The molecular weight excluding hydrogens is 244 g/mol. The van der Waals surface area contributed by atoms with Crippen molar-refractivity contribution in [3.63, 3.8) is 0 Å². The highest BCUT2D eigenvalue weighted by Crippen LogP contribution is 2.40. The maximum atomic E-state index is 12.7.